The van der Waals surface area contributed by atoms with Gasteiger partial charge in [-0.15, -0.1) is 0 Å². The molecular formula is C19H24F4N6O. The number of carbonyl (C=O) groups is 1. The van der Waals surface area contributed by atoms with Crippen molar-refractivity contribution in [3.63, 3.8) is 0 Å². The lowest BCUT2D eigenvalue weighted by molar-refractivity contribution is -0.0484. The zero-order chi connectivity index (χ0) is 21.7. The van der Waals surface area contributed by atoms with Crippen molar-refractivity contribution < 1.29 is 22.4 Å². The summed E-state index contributed by atoms with van der Waals surface area (Å²) in [4.78, 5) is 17.6. The summed E-state index contributed by atoms with van der Waals surface area (Å²) in [5.41, 5.74) is 7.85. The number of carbonyl (C=O) groups excluding carboxylic acids is 1. The molecule has 164 valence electrons. The summed E-state index contributed by atoms with van der Waals surface area (Å²) >= 11 is 0. The molecule has 2 aromatic rings. The predicted molar refractivity (Wildman–Crippen MR) is 100 cm³/mol. The summed E-state index contributed by atoms with van der Waals surface area (Å²) in [7, 11) is 0. The summed E-state index contributed by atoms with van der Waals surface area (Å²) in [6.07, 6.45) is 3.45. The van der Waals surface area contributed by atoms with Crippen molar-refractivity contribution in [3.8, 4) is 0 Å². The minimum Gasteiger partial charge on any atom is -0.332 e. The lowest BCUT2D eigenvalue weighted by atomic mass is 9.81. The number of imidazole rings is 1. The van der Waals surface area contributed by atoms with Crippen LogP contribution >= 0.6 is 0 Å². The highest BCUT2D eigenvalue weighted by Crippen LogP contribution is 2.40. The van der Waals surface area contributed by atoms with Crippen LogP contribution in [-0.4, -0.2) is 50.5 Å². The van der Waals surface area contributed by atoms with E-state index in [1.54, 1.807) is 19.2 Å². The molecule has 2 fully saturated rings. The molecule has 0 radical (unpaired) electrons. The van der Waals surface area contributed by atoms with Gasteiger partial charge in [-0.25, -0.2) is 31.9 Å². The summed E-state index contributed by atoms with van der Waals surface area (Å²) in [6, 6.07) is -0.0186. The fourth-order valence-electron chi connectivity index (χ4n) is 4.14. The minimum atomic E-state index is -3.01. The standard InChI is InChI=1S/C19H24F4N6O/c1-11(28-10-19(22,23)9-25-17(28)30)13-6-15-27-14(8-29(15)26-7-13)16(24)12-2-4-18(20,21)5-3-12/h6-8,11-12,16H,2-5,9-10,24H2,1H3,(H,25,30)/t11-,16-/m0/s1. The molecule has 1 saturated carbocycles. The molecule has 0 bridgehead atoms. The molecule has 3 N–H and O–H groups in total. The van der Waals surface area contributed by atoms with Crippen LogP contribution in [0.5, 0.6) is 0 Å². The zero-order valence-corrected chi connectivity index (χ0v) is 16.5. The summed E-state index contributed by atoms with van der Waals surface area (Å²) < 4.78 is 55.8. The van der Waals surface area contributed by atoms with Crippen LogP contribution in [-0.2, 0) is 0 Å². The first kappa shape index (κ1) is 20.8. The van der Waals surface area contributed by atoms with Gasteiger partial charge in [0, 0.05) is 12.8 Å². The lowest BCUT2D eigenvalue weighted by Crippen LogP contribution is -2.57. The van der Waals surface area contributed by atoms with Crippen LogP contribution in [0.15, 0.2) is 18.5 Å². The molecule has 2 amide bonds. The quantitative estimate of drug-likeness (QED) is 0.732. The smallest absolute Gasteiger partial charge is 0.318 e. The largest absolute Gasteiger partial charge is 0.332 e. The Balaban J connectivity index is 1.53. The molecule has 2 aromatic heterocycles. The van der Waals surface area contributed by atoms with Crippen molar-refractivity contribution in [2.75, 3.05) is 13.1 Å². The number of amides is 2. The Morgan fingerprint density at radius 1 is 1.23 bits per heavy atom. The van der Waals surface area contributed by atoms with Crippen LogP contribution in [0.3, 0.4) is 0 Å². The lowest BCUT2D eigenvalue weighted by Gasteiger charge is -2.36. The van der Waals surface area contributed by atoms with E-state index >= 15 is 0 Å². The molecule has 30 heavy (non-hydrogen) atoms. The molecule has 1 saturated heterocycles. The van der Waals surface area contributed by atoms with E-state index in [9.17, 15) is 22.4 Å². The average Bonchev–Trinajstić information content (AvgIpc) is 3.12. The van der Waals surface area contributed by atoms with Crippen LogP contribution < -0.4 is 11.1 Å². The van der Waals surface area contributed by atoms with Crippen molar-refractivity contribution >= 4 is 11.7 Å². The van der Waals surface area contributed by atoms with Crippen LogP contribution in [0.2, 0.25) is 0 Å². The van der Waals surface area contributed by atoms with Gasteiger partial charge in [-0.3, -0.25) is 0 Å². The molecule has 0 unspecified atom stereocenters. The highest BCUT2D eigenvalue weighted by molar-refractivity contribution is 5.76. The number of urea groups is 1. The van der Waals surface area contributed by atoms with E-state index in [1.807, 2.05) is 0 Å². The number of nitrogens with two attached hydrogens (primary N) is 1. The SMILES string of the molecule is C[C@@H](c1cnn2cc([C@@H](N)C3CCC(F)(F)CC3)nc2c1)N1CC(F)(F)CNC1=O. The second-order valence-corrected chi connectivity index (χ2v) is 8.30. The number of halogens is 4. The fourth-order valence-corrected chi connectivity index (χ4v) is 4.14. The summed E-state index contributed by atoms with van der Waals surface area (Å²) in [6.45, 7) is 0.287. The van der Waals surface area contributed by atoms with Gasteiger partial charge in [-0.05, 0) is 37.3 Å². The minimum absolute atomic E-state index is 0.0905. The number of nitrogens with zero attached hydrogens (tertiary/aromatic N) is 4. The Labute approximate surface area is 170 Å². The number of hydrogen-bond donors (Lipinski definition) is 2. The first-order valence-corrected chi connectivity index (χ1v) is 9.96. The number of fused-ring (bicyclic) bond motifs is 1. The number of aromatic nitrogens is 3. The van der Waals surface area contributed by atoms with Gasteiger partial charge in [0.05, 0.1) is 43.3 Å². The van der Waals surface area contributed by atoms with Gasteiger partial charge in [0.1, 0.15) is 0 Å². The molecule has 7 nitrogen and oxygen atoms in total. The molecule has 2 aliphatic rings. The van der Waals surface area contributed by atoms with E-state index in [1.165, 1.54) is 10.7 Å². The Hall–Kier alpha value is -2.43. The Bertz CT molecular complexity index is 938. The van der Waals surface area contributed by atoms with E-state index in [4.69, 9.17) is 5.73 Å². The third kappa shape index (κ3) is 4.07. The molecule has 1 aliphatic heterocycles. The van der Waals surface area contributed by atoms with Crippen molar-refractivity contribution in [1.82, 2.24) is 24.8 Å². The first-order chi connectivity index (χ1) is 14.0. The Kier molecular flexibility index (Phi) is 5.11. The van der Waals surface area contributed by atoms with Crippen LogP contribution in [0, 0.1) is 5.92 Å². The molecule has 3 heterocycles. The van der Waals surface area contributed by atoms with Crippen molar-refractivity contribution in [2.45, 2.75) is 56.5 Å². The van der Waals surface area contributed by atoms with Crippen molar-refractivity contribution in [3.05, 3.63) is 29.7 Å². The highest BCUT2D eigenvalue weighted by Gasteiger charge is 2.41. The molecule has 0 aromatic carbocycles. The molecule has 4 rings (SSSR count). The van der Waals surface area contributed by atoms with E-state index in [0.29, 0.717) is 29.7 Å². The van der Waals surface area contributed by atoms with E-state index in [2.05, 4.69) is 15.4 Å². The fraction of sp³-hybridized carbons (Fsp3) is 0.632. The van der Waals surface area contributed by atoms with Crippen molar-refractivity contribution in [2.24, 2.45) is 11.7 Å². The number of rotatable bonds is 4. The maximum Gasteiger partial charge on any atom is 0.318 e. The van der Waals surface area contributed by atoms with Gasteiger partial charge >= 0.3 is 6.03 Å². The summed E-state index contributed by atoms with van der Waals surface area (Å²) in [5, 5.41) is 6.46. The van der Waals surface area contributed by atoms with Gasteiger partial charge in [0.2, 0.25) is 5.92 Å². The Morgan fingerprint density at radius 3 is 2.63 bits per heavy atom. The summed E-state index contributed by atoms with van der Waals surface area (Å²) in [5.74, 6) is -5.73. The zero-order valence-electron chi connectivity index (χ0n) is 16.5. The molecular weight excluding hydrogens is 404 g/mol. The van der Waals surface area contributed by atoms with Gasteiger partial charge in [-0.2, -0.15) is 5.10 Å². The molecule has 11 heteroatoms. The number of hydrogen-bond acceptors (Lipinski definition) is 4. The molecule has 0 spiro atoms. The van der Waals surface area contributed by atoms with E-state index in [0.717, 1.165) is 4.90 Å². The third-order valence-corrected chi connectivity index (χ3v) is 6.08. The monoisotopic (exact) mass is 428 g/mol. The predicted octanol–water partition coefficient (Wildman–Crippen LogP) is 3.28. The number of alkyl halides is 4. The van der Waals surface area contributed by atoms with Crippen LogP contribution in [0.4, 0.5) is 22.4 Å². The van der Waals surface area contributed by atoms with Crippen molar-refractivity contribution in [1.29, 1.82) is 0 Å². The first-order valence-electron chi connectivity index (χ1n) is 9.96. The maximum atomic E-state index is 13.7. The van der Waals surface area contributed by atoms with Gasteiger partial charge in [0.15, 0.2) is 5.65 Å². The van der Waals surface area contributed by atoms with Gasteiger partial charge in [-0.1, -0.05) is 0 Å². The van der Waals surface area contributed by atoms with Crippen LogP contribution in [0.25, 0.3) is 5.65 Å². The maximum absolute atomic E-state index is 13.7. The Morgan fingerprint density at radius 2 is 1.93 bits per heavy atom. The van der Waals surface area contributed by atoms with E-state index < -0.39 is 43.0 Å². The topological polar surface area (TPSA) is 88.6 Å². The molecule has 2 atom stereocenters. The van der Waals surface area contributed by atoms with Gasteiger partial charge < -0.3 is 16.0 Å². The van der Waals surface area contributed by atoms with Crippen LogP contribution in [0.1, 0.15) is 55.9 Å². The van der Waals surface area contributed by atoms with E-state index in [-0.39, 0.29) is 18.8 Å². The number of nitrogens with one attached hydrogen (secondary N) is 1. The molecule has 1 aliphatic carbocycles. The normalized spacial score (nSPS) is 23.9. The third-order valence-electron chi connectivity index (χ3n) is 6.08. The highest BCUT2D eigenvalue weighted by atomic mass is 19.3. The second kappa shape index (κ2) is 7.36. The average molecular weight is 428 g/mol. The second-order valence-electron chi connectivity index (χ2n) is 8.30. The van der Waals surface area contributed by atoms with Gasteiger partial charge in [0.25, 0.3) is 5.92 Å².